The van der Waals surface area contributed by atoms with Gasteiger partial charge in [0.25, 0.3) is 5.91 Å². The number of likely N-dealkylation sites (tertiary alicyclic amines) is 1. The van der Waals surface area contributed by atoms with Gasteiger partial charge in [-0.1, -0.05) is 29.8 Å². The highest BCUT2D eigenvalue weighted by Crippen LogP contribution is 2.22. The molecule has 2 unspecified atom stereocenters. The van der Waals surface area contributed by atoms with E-state index in [2.05, 4.69) is 34.7 Å². The van der Waals surface area contributed by atoms with E-state index in [0.717, 1.165) is 13.1 Å². The van der Waals surface area contributed by atoms with Crippen molar-refractivity contribution < 1.29 is 18.7 Å². The van der Waals surface area contributed by atoms with Crippen molar-refractivity contribution in [3.63, 3.8) is 0 Å². The Morgan fingerprint density at radius 1 is 1.07 bits per heavy atom. The molecule has 2 saturated heterocycles. The molecule has 1 aromatic rings. The number of hydrogen-bond donors (Lipinski definition) is 0. The monoisotopic (exact) mass is 469 g/mol. The van der Waals surface area contributed by atoms with Crippen LogP contribution in [-0.2, 0) is 9.59 Å². The highest BCUT2D eigenvalue weighted by molar-refractivity contribution is 9.10. The molecule has 160 valence electrons. The molecule has 2 aliphatic heterocycles. The van der Waals surface area contributed by atoms with E-state index in [0.29, 0.717) is 49.0 Å². The molecule has 0 spiro atoms. The highest BCUT2D eigenvalue weighted by Gasteiger charge is 2.28. The number of ether oxygens (including phenoxy) is 1. The van der Waals surface area contributed by atoms with Gasteiger partial charge in [-0.25, -0.2) is 4.39 Å². The van der Waals surface area contributed by atoms with Crippen molar-refractivity contribution in [1.82, 2.24) is 14.7 Å². The Bertz CT molecular complexity index is 730. The molecule has 0 N–H and O–H groups in total. The molecule has 0 bridgehead atoms. The third-order valence-electron chi connectivity index (χ3n) is 5.55. The summed E-state index contributed by atoms with van der Waals surface area (Å²) >= 11 is 3.19. The molecule has 2 heterocycles. The lowest BCUT2D eigenvalue weighted by atomic mass is 9.92. The third-order valence-corrected chi connectivity index (χ3v) is 6.04. The summed E-state index contributed by atoms with van der Waals surface area (Å²) in [5.74, 6) is 0.669. The summed E-state index contributed by atoms with van der Waals surface area (Å²) < 4.78 is 19.7. The Labute approximate surface area is 180 Å². The van der Waals surface area contributed by atoms with Gasteiger partial charge in [0, 0.05) is 43.7 Å². The highest BCUT2D eigenvalue weighted by atomic mass is 79.9. The van der Waals surface area contributed by atoms with E-state index in [-0.39, 0.29) is 24.2 Å². The van der Waals surface area contributed by atoms with E-state index >= 15 is 0 Å². The number of hydrogen-bond acceptors (Lipinski definition) is 4. The number of carbonyl (C=O) groups is 2. The van der Waals surface area contributed by atoms with Gasteiger partial charge in [-0.15, -0.1) is 0 Å². The van der Waals surface area contributed by atoms with Crippen LogP contribution in [0.5, 0.6) is 5.75 Å². The second-order valence-corrected chi connectivity index (χ2v) is 9.18. The van der Waals surface area contributed by atoms with Crippen molar-refractivity contribution in [2.24, 2.45) is 11.8 Å². The van der Waals surface area contributed by atoms with Gasteiger partial charge < -0.3 is 14.5 Å². The van der Waals surface area contributed by atoms with Crippen molar-refractivity contribution in [2.45, 2.75) is 20.3 Å². The van der Waals surface area contributed by atoms with Crippen LogP contribution in [0.4, 0.5) is 4.39 Å². The first-order valence-corrected chi connectivity index (χ1v) is 11.0. The van der Waals surface area contributed by atoms with Gasteiger partial charge >= 0.3 is 0 Å². The molecule has 8 heteroatoms. The normalized spacial score (nSPS) is 23.2. The zero-order valence-corrected chi connectivity index (χ0v) is 18.7. The molecule has 2 atom stereocenters. The lowest BCUT2D eigenvalue weighted by Crippen LogP contribution is -2.53. The summed E-state index contributed by atoms with van der Waals surface area (Å²) in [5.41, 5.74) is 0. The summed E-state index contributed by atoms with van der Waals surface area (Å²) in [6.07, 6.45) is 1.18. The fourth-order valence-corrected chi connectivity index (χ4v) is 4.47. The van der Waals surface area contributed by atoms with Gasteiger partial charge in [0.15, 0.2) is 18.2 Å². The molecule has 0 aliphatic carbocycles. The molecule has 29 heavy (non-hydrogen) atoms. The summed E-state index contributed by atoms with van der Waals surface area (Å²) in [7, 11) is 0. The maximum Gasteiger partial charge on any atom is 0.260 e. The maximum absolute atomic E-state index is 13.8. The first-order chi connectivity index (χ1) is 13.8. The zero-order valence-electron chi connectivity index (χ0n) is 17.1. The molecule has 6 nitrogen and oxygen atoms in total. The summed E-state index contributed by atoms with van der Waals surface area (Å²) in [4.78, 5) is 30.8. The lowest BCUT2D eigenvalue weighted by Gasteiger charge is -2.38. The van der Waals surface area contributed by atoms with Crippen molar-refractivity contribution in [1.29, 1.82) is 0 Å². The quantitative estimate of drug-likeness (QED) is 0.664. The molecular weight excluding hydrogens is 441 g/mol. The number of piperidine rings is 1. The minimum absolute atomic E-state index is 0.0655. The summed E-state index contributed by atoms with van der Waals surface area (Å²) in [6, 6.07) is 4.47. The minimum Gasteiger partial charge on any atom is -0.481 e. The van der Waals surface area contributed by atoms with E-state index < -0.39 is 5.82 Å². The molecule has 2 aliphatic rings. The van der Waals surface area contributed by atoms with Crippen molar-refractivity contribution >= 4 is 27.7 Å². The van der Waals surface area contributed by atoms with E-state index in [9.17, 15) is 14.0 Å². The second kappa shape index (κ2) is 9.89. The minimum atomic E-state index is -0.503. The predicted octanol–water partition coefficient (Wildman–Crippen LogP) is 2.62. The van der Waals surface area contributed by atoms with Gasteiger partial charge in [0.2, 0.25) is 5.91 Å². The van der Waals surface area contributed by atoms with Crippen LogP contribution in [-0.4, -0.2) is 78.9 Å². The van der Waals surface area contributed by atoms with E-state index in [4.69, 9.17) is 4.74 Å². The standard InChI is InChI=1S/C21H29BrFN3O3/c1-15-9-16(2)12-26(11-15)20(27)13-24-5-7-25(8-6-24)21(28)14-29-19-4-3-17(22)10-18(19)23/h3-4,10,15-16H,5-9,11-14H2,1-2H3. The largest absolute Gasteiger partial charge is 0.481 e. The Morgan fingerprint density at radius 2 is 1.72 bits per heavy atom. The first-order valence-electron chi connectivity index (χ1n) is 10.2. The summed E-state index contributed by atoms with van der Waals surface area (Å²) in [6.45, 7) is 8.69. The number of halogens is 2. The van der Waals surface area contributed by atoms with Crippen LogP contribution in [0, 0.1) is 17.7 Å². The van der Waals surface area contributed by atoms with Gasteiger partial charge in [0.1, 0.15) is 0 Å². The molecular formula is C21H29BrFN3O3. The topological polar surface area (TPSA) is 53.1 Å². The molecule has 3 rings (SSSR count). The molecule has 1 aromatic carbocycles. The zero-order chi connectivity index (χ0) is 21.0. The lowest BCUT2D eigenvalue weighted by molar-refractivity contribution is -0.137. The fraction of sp³-hybridized carbons (Fsp3) is 0.619. The number of rotatable bonds is 5. The van der Waals surface area contributed by atoms with E-state index in [1.807, 2.05) is 4.90 Å². The van der Waals surface area contributed by atoms with Gasteiger partial charge in [0.05, 0.1) is 6.54 Å². The number of benzene rings is 1. The smallest absolute Gasteiger partial charge is 0.260 e. The van der Waals surface area contributed by atoms with Crippen LogP contribution >= 0.6 is 15.9 Å². The van der Waals surface area contributed by atoms with Crippen LogP contribution in [0.15, 0.2) is 22.7 Å². The average Bonchev–Trinajstić information content (AvgIpc) is 2.67. The third kappa shape index (κ3) is 6.15. The van der Waals surface area contributed by atoms with Crippen molar-refractivity contribution in [2.75, 3.05) is 52.4 Å². The fourth-order valence-electron chi connectivity index (χ4n) is 4.14. The van der Waals surface area contributed by atoms with Gasteiger partial charge in [-0.3, -0.25) is 14.5 Å². The number of carbonyl (C=O) groups excluding carboxylic acids is 2. The predicted molar refractivity (Wildman–Crippen MR) is 112 cm³/mol. The van der Waals surface area contributed by atoms with Crippen molar-refractivity contribution in [3.05, 3.63) is 28.5 Å². The summed E-state index contributed by atoms with van der Waals surface area (Å²) in [5, 5.41) is 0. The van der Waals surface area contributed by atoms with E-state index in [1.54, 1.807) is 11.0 Å². The van der Waals surface area contributed by atoms with Gasteiger partial charge in [-0.05, 0) is 36.5 Å². The second-order valence-electron chi connectivity index (χ2n) is 8.27. The molecule has 2 amide bonds. The molecule has 0 saturated carbocycles. The Balaban J connectivity index is 1.41. The SMILES string of the molecule is CC1CC(C)CN(C(=O)CN2CCN(C(=O)COc3ccc(Br)cc3F)CC2)C1. The molecule has 2 fully saturated rings. The van der Waals surface area contributed by atoms with E-state index in [1.165, 1.54) is 18.6 Å². The average molecular weight is 470 g/mol. The van der Waals surface area contributed by atoms with Crippen LogP contribution < -0.4 is 4.74 Å². The Morgan fingerprint density at radius 3 is 2.34 bits per heavy atom. The van der Waals surface area contributed by atoms with Crippen LogP contribution in [0.1, 0.15) is 20.3 Å². The first kappa shape index (κ1) is 22.0. The van der Waals surface area contributed by atoms with Crippen LogP contribution in [0.3, 0.4) is 0 Å². The van der Waals surface area contributed by atoms with Crippen LogP contribution in [0.2, 0.25) is 0 Å². The Kier molecular flexibility index (Phi) is 7.51. The number of piperazine rings is 1. The maximum atomic E-state index is 13.8. The number of nitrogens with zero attached hydrogens (tertiary/aromatic N) is 3. The Hall–Kier alpha value is -1.67. The molecule has 0 radical (unpaired) electrons. The number of amides is 2. The van der Waals surface area contributed by atoms with Gasteiger partial charge in [-0.2, -0.15) is 0 Å². The molecule has 0 aromatic heterocycles. The van der Waals surface area contributed by atoms with Crippen LogP contribution in [0.25, 0.3) is 0 Å². The van der Waals surface area contributed by atoms with Crippen molar-refractivity contribution in [3.8, 4) is 5.75 Å².